The summed E-state index contributed by atoms with van der Waals surface area (Å²) in [4.78, 5) is 41.2. The number of aromatic amines is 1. The number of hydrogen-bond acceptors (Lipinski definition) is 7. The second-order valence-corrected chi connectivity index (χ2v) is 6.34. The molecule has 1 fully saturated rings. The maximum Gasteiger partial charge on any atom is 0.346 e. The number of rotatable bonds is 6. The highest BCUT2D eigenvalue weighted by atomic mass is 32.2. The Hall–Kier alpha value is -1.83. The van der Waals surface area contributed by atoms with Crippen molar-refractivity contribution in [1.29, 1.82) is 0 Å². The lowest BCUT2D eigenvalue weighted by Gasteiger charge is -2.14. The van der Waals surface area contributed by atoms with Crippen LogP contribution in [0.3, 0.4) is 0 Å². The number of carbonyl (C=O) groups excluding carboxylic acids is 2. The van der Waals surface area contributed by atoms with Crippen molar-refractivity contribution in [3.63, 3.8) is 0 Å². The average molecular weight is 326 g/mol. The highest BCUT2D eigenvalue weighted by Gasteiger charge is 2.45. The topological polar surface area (TPSA) is 98.4 Å². The molecule has 1 heterocycles. The van der Waals surface area contributed by atoms with Gasteiger partial charge in [0.2, 0.25) is 0 Å². The maximum absolute atomic E-state index is 11.9. The number of aryl methyl sites for hydroxylation is 1. The van der Waals surface area contributed by atoms with Crippen molar-refractivity contribution < 1.29 is 19.1 Å². The van der Waals surface area contributed by atoms with Crippen molar-refractivity contribution in [3.05, 3.63) is 21.7 Å². The Bertz CT molecular complexity index is 651. The Morgan fingerprint density at radius 3 is 2.55 bits per heavy atom. The number of aromatic nitrogens is 2. The van der Waals surface area contributed by atoms with E-state index in [2.05, 4.69) is 9.97 Å². The standard InChI is InChI=1S/C14H18N2O5S/c1-8-10(12(18)21-3)11(16-13(19)15-8)22-7-14(4-5-14)6-9(17)20-2/h4-7H2,1-3H3,(H,15,16,19). The van der Waals surface area contributed by atoms with Crippen LogP contribution in [0.25, 0.3) is 0 Å². The van der Waals surface area contributed by atoms with Crippen molar-refractivity contribution >= 4 is 23.7 Å². The van der Waals surface area contributed by atoms with E-state index in [-0.39, 0.29) is 16.9 Å². The first-order valence-corrected chi connectivity index (χ1v) is 7.78. The van der Waals surface area contributed by atoms with Gasteiger partial charge in [-0.05, 0) is 25.2 Å². The number of H-pyrrole nitrogens is 1. The van der Waals surface area contributed by atoms with Crippen LogP contribution in [0.4, 0.5) is 0 Å². The molecule has 0 radical (unpaired) electrons. The zero-order valence-electron chi connectivity index (χ0n) is 12.7. The monoisotopic (exact) mass is 326 g/mol. The second kappa shape index (κ2) is 6.51. The summed E-state index contributed by atoms with van der Waals surface area (Å²) < 4.78 is 9.44. The molecule has 0 aromatic carbocycles. The van der Waals surface area contributed by atoms with E-state index in [0.29, 0.717) is 22.9 Å². The van der Waals surface area contributed by atoms with Gasteiger partial charge >= 0.3 is 17.6 Å². The minimum absolute atomic E-state index is 0.122. The van der Waals surface area contributed by atoms with Crippen LogP contribution in [0.15, 0.2) is 9.82 Å². The van der Waals surface area contributed by atoms with Crippen LogP contribution >= 0.6 is 11.8 Å². The fraction of sp³-hybridized carbons (Fsp3) is 0.571. The number of ether oxygens (including phenoxy) is 2. The van der Waals surface area contributed by atoms with Gasteiger partial charge in [0.1, 0.15) is 10.6 Å². The van der Waals surface area contributed by atoms with Gasteiger partial charge in [-0.15, -0.1) is 11.8 Å². The van der Waals surface area contributed by atoms with Gasteiger partial charge in [0.05, 0.1) is 20.6 Å². The zero-order valence-corrected chi connectivity index (χ0v) is 13.5. The highest BCUT2D eigenvalue weighted by molar-refractivity contribution is 7.99. The number of nitrogens with one attached hydrogen (secondary N) is 1. The van der Waals surface area contributed by atoms with Crippen molar-refractivity contribution in [2.75, 3.05) is 20.0 Å². The molecular formula is C14H18N2O5S. The van der Waals surface area contributed by atoms with Crippen LogP contribution in [-0.4, -0.2) is 41.9 Å². The highest BCUT2D eigenvalue weighted by Crippen LogP contribution is 2.52. The first kappa shape index (κ1) is 16.5. The minimum Gasteiger partial charge on any atom is -0.469 e. The van der Waals surface area contributed by atoms with Gasteiger partial charge in [0.25, 0.3) is 0 Å². The molecule has 1 aromatic heterocycles. The SMILES string of the molecule is COC(=O)CC1(CSc2nc(=O)[nH]c(C)c2C(=O)OC)CC1. The predicted octanol–water partition coefficient (Wildman–Crippen LogP) is 1.30. The molecule has 120 valence electrons. The van der Waals surface area contributed by atoms with Gasteiger partial charge in [0, 0.05) is 11.4 Å². The summed E-state index contributed by atoms with van der Waals surface area (Å²) in [6.07, 6.45) is 2.18. The van der Waals surface area contributed by atoms with Crippen LogP contribution in [0, 0.1) is 12.3 Å². The van der Waals surface area contributed by atoms with E-state index in [9.17, 15) is 14.4 Å². The normalized spacial score (nSPS) is 15.2. The van der Waals surface area contributed by atoms with E-state index in [1.807, 2.05) is 0 Å². The fourth-order valence-corrected chi connectivity index (χ4v) is 3.52. The van der Waals surface area contributed by atoms with Crippen LogP contribution in [-0.2, 0) is 14.3 Å². The number of hydrogen-bond donors (Lipinski definition) is 1. The minimum atomic E-state index is -0.540. The van der Waals surface area contributed by atoms with Gasteiger partial charge in [-0.1, -0.05) is 0 Å². The number of carbonyl (C=O) groups is 2. The number of nitrogens with zero attached hydrogens (tertiary/aromatic N) is 1. The largest absolute Gasteiger partial charge is 0.469 e. The van der Waals surface area contributed by atoms with Gasteiger partial charge in [-0.25, -0.2) is 9.59 Å². The van der Waals surface area contributed by atoms with Crippen LogP contribution in [0.2, 0.25) is 0 Å². The molecule has 7 nitrogen and oxygen atoms in total. The number of esters is 2. The molecule has 1 aromatic rings. The Balaban J connectivity index is 2.18. The van der Waals surface area contributed by atoms with Crippen molar-refractivity contribution in [1.82, 2.24) is 9.97 Å². The summed E-state index contributed by atoms with van der Waals surface area (Å²) in [5.41, 5.74) is 0.0576. The average Bonchev–Trinajstić information content (AvgIpc) is 3.23. The third-order valence-electron chi connectivity index (χ3n) is 3.70. The molecule has 0 unspecified atom stereocenters. The van der Waals surface area contributed by atoms with E-state index in [0.717, 1.165) is 12.8 Å². The Morgan fingerprint density at radius 1 is 1.32 bits per heavy atom. The zero-order chi connectivity index (χ0) is 16.3. The van der Waals surface area contributed by atoms with Crippen molar-refractivity contribution in [2.24, 2.45) is 5.41 Å². The Labute approximate surface area is 131 Å². The van der Waals surface area contributed by atoms with Gasteiger partial charge in [0.15, 0.2) is 0 Å². The summed E-state index contributed by atoms with van der Waals surface area (Å²) in [6, 6.07) is 0. The second-order valence-electron chi connectivity index (χ2n) is 5.38. The molecular weight excluding hydrogens is 308 g/mol. The molecule has 0 saturated heterocycles. The van der Waals surface area contributed by atoms with Gasteiger partial charge in [-0.3, -0.25) is 4.79 Å². The quantitative estimate of drug-likeness (QED) is 0.478. The lowest BCUT2D eigenvalue weighted by atomic mass is 10.1. The smallest absolute Gasteiger partial charge is 0.346 e. The van der Waals surface area contributed by atoms with Crippen LogP contribution < -0.4 is 5.69 Å². The molecule has 0 atom stereocenters. The third-order valence-corrected chi connectivity index (χ3v) is 5.02. The van der Waals surface area contributed by atoms with Crippen molar-refractivity contribution in [2.45, 2.75) is 31.2 Å². The molecule has 1 saturated carbocycles. The molecule has 0 aliphatic heterocycles. The third kappa shape index (κ3) is 3.68. The number of thioether (sulfide) groups is 1. The van der Waals surface area contributed by atoms with E-state index < -0.39 is 11.7 Å². The molecule has 0 amide bonds. The molecule has 0 spiro atoms. The lowest BCUT2D eigenvalue weighted by Crippen LogP contribution is -2.20. The van der Waals surface area contributed by atoms with E-state index in [1.165, 1.54) is 26.0 Å². The number of methoxy groups -OCH3 is 2. The van der Waals surface area contributed by atoms with Gasteiger partial charge < -0.3 is 14.5 Å². The molecule has 8 heteroatoms. The van der Waals surface area contributed by atoms with Crippen molar-refractivity contribution in [3.8, 4) is 0 Å². The van der Waals surface area contributed by atoms with Gasteiger partial charge in [-0.2, -0.15) is 4.98 Å². The molecule has 2 rings (SSSR count). The molecule has 1 aliphatic rings. The fourth-order valence-electron chi connectivity index (χ4n) is 2.16. The van der Waals surface area contributed by atoms with Crippen LogP contribution in [0.5, 0.6) is 0 Å². The maximum atomic E-state index is 11.9. The molecule has 22 heavy (non-hydrogen) atoms. The molecule has 0 bridgehead atoms. The first-order chi connectivity index (χ1) is 10.4. The first-order valence-electron chi connectivity index (χ1n) is 6.79. The summed E-state index contributed by atoms with van der Waals surface area (Å²) in [7, 11) is 2.64. The Kier molecular flexibility index (Phi) is 4.90. The summed E-state index contributed by atoms with van der Waals surface area (Å²) >= 11 is 1.30. The Morgan fingerprint density at radius 2 is 2.00 bits per heavy atom. The van der Waals surface area contributed by atoms with E-state index >= 15 is 0 Å². The summed E-state index contributed by atoms with van der Waals surface area (Å²) in [5.74, 6) is -0.190. The van der Waals surface area contributed by atoms with E-state index in [4.69, 9.17) is 9.47 Å². The van der Waals surface area contributed by atoms with Crippen LogP contribution in [0.1, 0.15) is 35.3 Å². The predicted molar refractivity (Wildman–Crippen MR) is 80.0 cm³/mol. The summed E-state index contributed by atoms with van der Waals surface area (Å²) in [6.45, 7) is 1.63. The van der Waals surface area contributed by atoms with E-state index in [1.54, 1.807) is 6.92 Å². The summed E-state index contributed by atoms with van der Waals surface area (Å²) in [5, 5.41) is 0.337. The lowest BCUT2D eigenvalue weighted by molar-refractivity contribution is -0.141. The molecule has 1 N–H and O–H groups in total. The molecule has 1 aliphatic carbocycles.